The van der Waals surface area contributed by atoms with E-state index < -0.39 is 11.5 Å². The van der Waals surface area contributed by atoms with E-state index in [4.69, 9.17) is 5.73 Å². The molecule has 0 aromatic carbocycles. The number of aryl methyl sites for hydroxylation is 2. The summed E-state index contributed by atoms with van der Waals surface area (Å²) in [6.07, 6.45) is 1.29. The van der Waals surface area contributed by atoms with Crippen LogP contribution in [0.5, 0.6) is 0 Å². The summed E-state index contributed by atoms with van der Waals surface area (Å²) in [4.78, 5) is 0. The quantitative estimate of drug-likeness (QED) is 0.710. The van der Waals surface area contributed by atoms with Gasteiger partial charge < -0.3 is 5.73 Å². The lowest BCUT2D eigenvalue weighted by atomic mass is 10.1. The van der Waals surface area contributed by atoms with Crippen molar-refractivity contribution < 1.29 is 8.78 Å². The molecular formula is C8H11F2N3. The third kappa shape index (κ3) is 0.997. The highest BCUT2D eigenvalue weighted by molar-refractivity contribution is 5.36. The Balaban J connectivity index is 2.43. The topological polar surface area (TPSA) is 43.8 Å². The van der Waals surface area contributed by atoms with Gasteiger partial charge in [-0.1, -0.05) is 0 Å². The lowest BCUT2D eigenvalue weighted by Crippen LogP contribution is -2.27. The summed E-state index contributed by atoms with van der Waals surface area (Å²) in [5.41, 5.74) is 5.13. The van der Waals surface area contributed by atoms with Crippen LogP contribution in [0.4, 0.5) is 8.78 Å². The third-order valence-corrected chi connectivity index (χ3v) is 2.52. The number of halogens is 2. The Morgan fingerprint density at radius 2 is 2.15 bits per heavy atom. The minimum absolute atomic E-state index is 0.271. The zero-order valence-corrected chi connectivity index (χ0v) is 7.51. The summed E-state index contributed by atoms with van der Waals surface area (Å²) in [6.45, 7) is 1.69. The van der Waals surface area contributed by atoms with Crippen molar-refractivity contribution in [3.8, 4) is 0 Å². The summed E-state index contributed by atoms with van der Waals surface area (Å²) in [7, 11) is 1.69. The van der Waals surface area contributed by atoms with Crippen molar-refractivity contribution in [3.05, 3.63) is 17.5 Å². The number of alkyl halides is 2. The first-order valence-corrected chi connectivity index (χ1v) is 4.04. The van der Waals surface area contributed by atoms with Crippen molar-refractivity contribution >= 4 is 0 Å². The standard InChI is InChI=1S/C8H11F2N3/c1-5-6(3-13(2)12-5)7(11)4-8(7,9)10/h3H,4,11H2,1-2H3. The van der Waals surface area contributed by atoms with Crippen LogP contribution in [-0.2, 0) is 12.6 Å². The van der Waals surface area contributed by atoms with Crippen LogP contribution in [-0.4, -0.2) is 15.7 Å². The maximum Gasteiger partial charge on any atom is 0.272 e. The fourth-order valence-electron chi connectivity index (χ4n) is 1.64. The maximum atomic E-state index is 12.9. The molecule has 0 radical (unpaired) electrons. The van der Waals surface area contributed by atoms with E-state index in [2.05, 4.69) is 5.10 Å². The van der Waals surface area contributed by atoms with E-state index in [0.717, 1.165) is 0 Å². The molecule has 0 saturated heterocycles. The zero-order valence-electron chi connectivity index (χ0n) is 7.51. The van der Waals surface area contributed by atoms with Gasteiger partial charge in [0.15, 0.2) is 0 Å². The molecule has 5 heteroatoms. The summed E-state index contributed by atoms with van der Waals surface area (Å²) < 4.78 is 27.3. The monoisotopic (exact) mass is 187 g/mol. The molecule has 1 aromatic rings. The Morgan fingerprint density at radius 3 is 2.46 bits per heavy atom. The minimum atomic E-state index is -2.76. The molecule has 1 aliphatic rings. The normalized spacial score (nSPS) is 30.5. The molecule has 13 heavy (non-hydrogen) atoms. The second-order valence-corrected chi connectivity index (χ2v) is 3.65. The fourth-order valence-corrected chi connectivity index (χ4v) is 1.64. The van der Waals surface area contributed by atoms with Crippen LogP contribution in [0.15, 0.2) is 6.20 Å². The lowest BCUT2D eigenvalue weighted by Gasteiger charge is -2.07. The average Bonchev–Trinajstić information content (AvgIpc) is 2.34. The molecule has 1 aromatic heterocycles. The van der Waals surface area contributed by atoms with Gasteiger partial charge in [0, 0.05) is 25.2 Å². The maximum absolute atomic E-state index is 12.9. The Kier molecular flexibility index (Phi) is 1.39. The van der Waals surface area contributed by atoms with Crippen LogP contribution in [0.1, 0.15) is 17.7 Å². The van der Waals surface area contributed by atoms with E-state index in [1.54, 1.807) is 20.2 Å². The van der Waals surface area contributed by atoms with Crippen molar-refractivity contribution in [1.82, 2.24) is 9.78 Å². The molecular weight excluding hydrogens is 176 g/mol. The number of nitrogens with two attached hydrogens (primary N) is 1. The highest BCUT2D eigenvalue weighted by atomic mass is 19.3. The van der Waals surface area contributed by atoms with Gasteiger partial charge in [0.05, 0.1) is 5.69 Å². The molecule has 0 spiro atoms. The molecule has 2 N–H and O–H groups in total. The number of nitrogens with zero attached hydrogens (tertiary/aromatic N) is 2. The minimum Gasteiger partial charge on any atom is -0.316 e. The molecule has 1 unspecified atom stereocenters. The average molecular weight is 187 g/mol. The smallest absolute Gasteiger partial charge is 0.272 e. The van der Waals surface area contributed by atoms with Gasteiger partial charge in [-0.15, -0.1) is 0 Å². The first-order chi connectivity index (χ1) is 5.87. The van der Waals surface area contributed by atoms with E-state index in [1.165, 1.54) is 4.68 Å². The predicted molar refractivity (Wildman–Crippen MR) is 43.4 cm³/mol. The van der Waals surface area contributed by atoms with E-state index >= 15 is 0 Å². The van der Waals surface area contributed by atoms with Crippen LogP contribution >= 0.6 is 0 Å². The van der Waals surface area contributed by atoms with E-state index in [1.807, 2.05) is 0 Å². The highest BCUT2D eigenvalue weighted by Gasteiger charge is 2.70. The molecule has 1 atom stereocenters. The van der Waals surface area contributed by atoms with Gasteiger partial charge in [-0.2, -0.15) is 5.10 Å². The molecule has 0 aliphatic heterocycles. The highest BCUT2D eigenvalue weighted by Crippen LogP contribution is 2.57. The van der Waals surface area contributed by atoms with Gasteiger partial charge >= 0.3 is 0 Å². The Bertz CT molecular complexity index is 358. The van der Waals surface area contributed by atoms with Crippen LogP contribution in [0.2, 0.25) is 0 Å². The fraction of sp³-hybridized carbons (Fsp3) is 0.625. The molecule has 0 bridgehead atoms. The van der Waals surface area contributed by atoms with Crippen LogP contribution in [0.25, 0.3) is 0 Å². The summed E-state index contributed by atoms with van der Waals surface area (Å²) in [5, 5.41) is 3.99. The summed E-state index contributed by atoms with van der Waals surface area (Å²) >= 11 is 0. The summed E-state index contributed by atoms with van der Waals surface area (Å²) in [6, 6.07) is 0. The molecule has 1 aliphatic carbocycles. The molecule has 2 rings (SSSR count). The molecule has 1 saturated carbocycles. The van der Waals surface area contributed by atoms with Gasteiger partial charge in [-0.25, -0.2) is 8.78 Å². The third-order valence-electron chi connectivity index (χ3n) is 2.52. The first kappa shape index (κ1) is 8.62. The van der Waals surface area contributed by atoms with Crippen molar-refractivity contribution in [1.29, 1.82) is 0 Å². The number of aromatic nitrogens is 2. The lowest BCUT2D eigenvalue weighted by molar-refractivity contribution is 0.0889. The zero-order chi connectivity index (χ0) is 9.85. The van der Waals surface area contributed by atoms with Gasteiger partial charge in [0.2, 0.25) is 0 Å². The second-order valence-electron chi connectivity index (χ2n) is 3.65. The number of rotatable bonds is 1. The first-order valence-electron chi connectivity index (χ1n) is 4.04. The van der Waals surface area contributed by atoms with Gasteiger partial charge in [-0.3, -0.25) is 4.68 Å². The number of hydrogen-bond acceptors (Lipinski definition) is 2. The van der Waals surface area contributed by atoms with Crippen molar-refractivity contribution in [2.24, 2.45) is 12.8 Å². The summed E-state index contributed by atoms with van der Waals surface area (Å²) in [5.74, 6) is -2.76. The van der Waals surface area contributed by atoms with Crippen molar-refractivity contribution in [2.45, 2.75) is 24.8 Å². The second kappa shape index (κ2) is 2.09. The Labute approximate surface area is 74.5 Å². The molecule has 72 valence electrons. The van der Waals surface area contributed by atoms with Crippen molar-refractivity contribution in [2.75, 3.05) is 0 Å². The molecule has 0 amide bonds. The van der Waals surface area contributed by atoms with Crippen LogP contribution in [0.3, 0.4) is 0 Å². The predicted octanol–water partition coefficient (Wildman–Crippen LogP) is 0.922. The van der Waals surface area contributed by atoms with E-state index in [0.29, 0.717) is 11.3 Å². The Hall–Kier alpha value is -0.970. The molecule has 1 heterocycles. The van der Waals surface area contributed by atoms with Crippen LogP contribution in [0, 0.1) is 6.92 Å². The molecule has 1 fully saturated rings. The van der Waals surface area contributed by atoms with E-state index in [-0.39, 0.29) is 6.42 Å². The van der Waals surface area contributed by atoms with Gasteiger partial charge in [0.25, 0.3) is 5.92 Å². The van der Waals surface area contributed by atoms with Crippen molar-refractivity contribution in [3.63, 3.8) is 0 Å². The number of hydrogen-bond donors (Lipinski definition) is 1. The molecule has 3 nitrogen and oxygen atoms in total. The van der Waals surface area contributed by atoms with E-state index in [9.17, 15) is 8.78 Å². The SMILES string of the molecule is Cc1nn(C)cc1C1(N)CC1(F)F. The Morgan fingerprint density at radius 1 is 1.62 bits per heavy atom. The van der Waals surface area contributed by atoms with Gasteiger partial charge in [0.1, 0.15) is 5.54 Å². The van der Waals surface area contributed by atoms with Crippen LogP contribution < -0.4 is 5.73 Å². The van der Waals surface area contributed by atoms with Gasteiger partial charge in [-0.05, 0) is 6.92 Å². The largest absolute Gasteiger partial charge is 0.316 e.